The third-order valence-corrected chi connectivity index (χ3v) is 2.60. The Bertz CT molecular complexity index is 218. The van der Waals surface area contributed by atoms with Crippen molar-refractivity contribution in [1.29, 1.82) is 0 Å². The van der Waals surface area contributed by atoms with E-state index in [1.54, 1.807) is 0 Å². The quantitative estimate of drug-likeness (QED) is 0.478. The van der Waals surface area contributed by atoms with Crippen LogP contribution in [-0.4, -0.2) is 31.1 Å². The molecule has 0 atom stereocenters. The molecule has 68 valence electrons. The Morgan fingerprint density at radius 2 is 1.46 bits per heavy atom. The van der Waals surface area contributed by atoms with E-state index in [1.807, 2.05) is 0 Å². The van der Waals surface area contributed by atoms with Crippen molar-refractivity contribution in [1.82, 2.24) is 0 Å². The smallest absolute Gasteiger partial charge is 1.00 e. The van der Waals surface area contributed by atoms with Crippen LogP contribution in [0, 0.1) is 6.04 Å². The number of benzene rings is 1. The van der Waals surface area contributed by atoms with Gasteiger partial charge in [0.2, 0.25) is 0 Å². The van der Waals surface area contributed by atoms with Gasteiger partial charge in [0.15, 0.2) is 0 Å². The maximum Gasteiger partial charge on any atom is 2.00 e. The van der Waals surface area contributed by atoms with E-state index in [1.165, 1.54) is 5.56 Å². The first-order valence-electron chi connectivity index (χ1n) is 3.99. The normalized spacial score (nSPS) is 9.46. The van der Waals surface area contributed by atoms with Crippen molar-refractivity contribution in [2.45, 2.75) is 19.6 Å². The number of hydrogen-bond acceptors (Lipinski definition) is 0. The van der Waals surface area contributed by atoms with Crippen LogP contribution in [0.1, 0.15) is 5.56 Å². The minimum atomic E-state index is -1.02. The van der Waals surface area contributed by atoms with Crippen LogP contribution in [0.15, 0.2) is 30.3 Å². The average Bonchev–Trinajstić information content (AvgIpc) is 1.85. The summed E-state index contributed by atoms with van der Waals surface area (Å²) in [4.78, 5) is 0. The van der Waals surface area contributed by atoms with Gasteiger partial charge in [-0.3, -0.25) is 0 Å². The van der Waals surface area contributed by atoms with Crippen LogP contribution < -0.4 is 12.4 Å². The first-order chi connectivity index (χ1) is 5.08. The van der Waals surface area contributed by atoms with Gasteiger partial charge in [-0.05, 0) is 0 Å². The van der Waals surface area contributed by atoms with Gasteiger partial charge in [-0.25, -0.2) is 0 Å². The van der Waals surface area contributed by atoms with Crippen molar-refractivity contribution in [3.63, 3.8) is 0 Å². The van der Waals surface area contributed by atoms with E-state index in [2.05, 4.69) is 56.0 Å². The van der Waals surface area contributed by atoms with Gasteiger partial charge in [0.1, 0.15) is 0 Å². The largest absolute Gasteiger partial charge is 2.00 e. The summed E-state index contributed by atoms with van der Waals surface area (Å²) in [5, 5.41) is 0. The van der Waals surface area contributed by atoms with E-state index in [0.29, 0.717) is 0 Å². The van der Waals surface area contributed by atoms with E-state index in [9.17, 15) is 0 Å². The van der Waals surface area contributed by atoms with Crippen molar-refractivity contribution in [2.24, 2.45) is 0 Å². The third-order valence-electron chi connectivity index (χ3n) is 1.40. The van der Waals surface area contributed by atoms with Gasteiger partial charge in [0, 0.05) is 8.07 Å². The van der Waals surface area contributed by atoms with Crippen LogP contribution in [0.2, 0.25) is 19.6 Å². The molecular weight excluding hydrogens is 208 g/mol. The van der Waals surface area contributed by atoms with E-state index < -0.39 is 8.07 Å². The van der Waals surface area contributed by atoms with Gasteiger partial charge < -0.3 is 12.4 Å². The molecule has 13 heavy (non-hydrogen) atoms. The van der Waals surface area contributed by atoms with Crippen LogP contribution in [0.25, 0.3) is 0 Å². The Morgan fingerprint density at radius 3 is 1.85 bits per heavy atom. The molecule has 0 aliphatic heterocycles. The first kappa shape index (κ1) is 15.8. The number of rotatable bonds is 2. The summed E-state index contributed by atoms with van der Waals surface area (Å²) >= 11 is 0. The van der Waals surface area contributed by atoms with Crippen molar-refractivity contribution >= 4 is 31.1 Å². The molecule has 0 aliphatic carbocycles. The summed E-state index contributed by atoms with van der Waals surface area (Å²) in [5.41, 5.74) is 1.37. The zero-order chi connectivity index (χ0) is 8.32. The Hall–Kier alpha value is 0.363. The third kappa shape index (κ3) is 7.44. The van der Waals surface area contributed by atoms with Gasteiger partial charge in [0.25, 0.3) is 0 Å². The molecule has 0 saturated heterocycles. The molecule has 0 radical (unpaired) electrons. The zero-order valence-electron chi connectivity index (χ0n) is 8.55. The second kappa shape index (κ2) is 6.76. The Labute approximate surface area is 105 Å². The SMILES string of the molecule is C[Si](C)(C)[CH-]c1ccccc1.[Cl-].[Mg+2]. The van der Waals surface area contributed by atoms with Gasteiger partial charge in [-0.15, -0.1) is 12.1 Å². The first-order valence-corrected chi connectivity index (χ1v) is 7.57. The molecular formula is C10H15ClMgSi. The summed E-state index contributed by atoms with van der Waals surface area (Å²) in [6.07, 6.45) is 0. The molecule has 1 rings (SSSR count). The van der Waals surface area contributed by atoms with Crippen LogP contribution in [-0.2, 0) is 0 Å². The zero-order valence-corrected chi connectivity index (χ0v) is 11.7. The van der Waals surface area contributed by atoms with Gasteiger partial charge in [-0.2, -0.15) is 23.7 Å². The summed E-state index contributed by atoms with van der Waals surface area (Å²) in [6, 6.07) is 13.0. The molecule has 0 heterocycles. The van der Waals surface area contributed by atoms with Crippen molar-refractivity contribution in [2.75, 3.05) is 0 Å². The van der Waals surface area contributed by atoms with Crippen LogP contribution >= 0.6 is 0 Å². The van der Waals surface area contributed by atoms with Crippen molar-refractivity contribution in [3.8, 4) is 0 Å². The molecule has 0 saturated carbocycles. The molecule has 0 spiro atoms. The van der Waals surface area contributed by atoms with Crippen molar-refractivity contribution < 1.29 is 12.4 Å². The van der Waals surface area contributed by atoms with Crippen LogP contribution in [0.4, 0.5) is 0 Å². The molecule has 0 nitrogen and oxygen atoms in total. The summed E-state index contributed by atoms with van der Waals surface area (Å²) in [7, 11) is -1.02. The minimum Gasteiger partial charge on any atom is -1.00 e. The predicted molar refractivity (Wildman–Crippen MR) is 58.9 cm³/mol. The van der Waals surface area contributed by atoms with Gasteiger partial charge >= 0.3 is 23.1 Å². The van der Waals surface area contributed by atoms with Crippen LogP contribution in [0.5, 0.6) is 0 Å². The van der Waals surface area contributed by atoms with Gasteiger partial charge in [0.05, 0.1) is 0 Å². The maximum atomic E-state index is 2.41. The number of hydrogen-bond donors (Lipinski definition) is 0. The molecule has 3 heteroatoms. The average molecular weight is 223 g/mol. The number of halogens is 1. The molecule has 0 fully saturated rings. The fraction of sp³-hybridized carbons (Fsp3) is 0.300. The molecule has 0 bridgehead atoms. The molecule has 0 amide bonds. The maximum absolute atomic E-state index is 2.41. The molecule has 0 unspecified atom stereocenters. The van der Waals surface area contributed by atoms with Crippen LogP contribution in [0.3, 0.4) is 0 Å². The molecule has 0 aliphatic rings. The second-order valence-electron chi connectivity index (χ2n) is 3.92. The standard InChI is InChI=1S/C10H15Si.ClH.Mg/c1-11(2,3)9-10-7-5-4-6-8-10;;/h4-9H,1-3H3;1H;/q-1;;+2/p-1. The topological polar surface area (TPSA) is 0 Å². The fourth-order valence-electron chi connectivity index (χ4n) is 1.05. The minimum absolute atomic E-state index is 0. The summed E-state index contributed by atoms with van der Waals surface area (Å²) in [6.45, 7) is 7.04. The van der Waals surface area contributed by atoms with E-state index in [4.69, 9.17) is 0 Å². The summed E-state index contributed by atoms with van der Waals surface area (Å²) in [5.74, 6) is 0. The molecule has 0 aromatic heterocycles. The molecule has 1 aromatic rings. The fourth-order valence-corrected chi connectivity index (χ4v) is 2.24. The van der Waals surface area contributed by atoms with E-state index in [0.717, 1.165) is 0 Å². The molecule has 0 N–H and O–H groups in total. The Kier molecular flexibility index (Phi) is 8.23. The summed E-state index contributed by atoms with van der Waals surface area (Å²) < 4.78 is 0. The Morgan fingerprint density at radius 1 is 1.00 bits per heavy atom. The van der Waals surface area contributed by atoms with Crippen molar-refractivity contribution in [3.05, 3.63) is 41.9 Å². The predicted octanol–water partition coefficient (Wildman–Crippen LogP) is -0.260. The van der Waals surface area contributed by atoms with E-state index in [-0.39, 0.29) is 35.5 Å². The molecule has 1 aromatic carbocycles. The van der Waals surface area contributed by atoms with Gasteiger partial charge in [-0.1, -0.05) is 25.7 Å². The second-order valence-corrected chi connectivity index (χ2v) is 8.94. The van der Waals surface area contributed by atoms with E-state index >= 15 is 0 Å². The Balaban J connectivity index is 0. The monoisotopic (exact) mass is 222 g/mol.